The van der Waals surface area contributed by atoms with Crippen LogP contribution in [0.5, 0.6) is 11.5 Å². The molecule has 4 rings (SSSR count). The molecule has 0 radical (unpaired) electrons. The molecule has 1 aliphatic heterocycles. The fourth-order valence-corrected chi connectivity index (χ4v) is 4.33. The molecule has 2 aromatic carbocycles. The minimum absolute atomic E-state index is 0.0112. The number of carbonyl (C=O) groups is 1. The van der Waals surface area contributed by atoms with Gasteiger partial charge in [0.1, 0.15) is 0 Å². The van der Waals surface area contributed by atoms with Gasteiger partial charge in [0.05, 0.1) is 20.3 Å². The van der Waals surface area contributed by atoms with Gasteiger partial charge >= 0.3 is 0 Å². The predicted octanol–water partition coefficient (Wildman–Crippen LogP) is 2.99. The molecule has 1 saturated heterocycles. The first-order valence-electron chi connectivity index (χ1n) is 11.7. The van der Waals surface area contributed by atoms with Crippen molar-refractivity contribution in [2.24, 2.45) is 0 Å². The van der Waals surface area contributed by atoms with Crippen molar-refractivity contribution in [3.63, 3.8) is 0 Å². The van der Waals surface area contributed by atoms with Gasteiger partial charge in [0.2, 0.25) is 5.82 Å². The van der Waals surface area contributed by atoms with Gasteiger partial charge in [0.15, 0.2) is 11.5 Å². The maximum absolute atomic E-state index is 13.1. The van der Waals surface area contributed by atoms with E-state index in [2.05, 4.69) is 38.7 Å². The summed E-state index contributed by atoms with van der Waals surface area (Å²) >= 11 is 0. The zero-order chi connectivity index (χ0) is 24.1. The molecular weight excluding hydrogens is 432 g/mol. The van der Waals surface area contributed by atoms with Crippen molar-refractivity contribution in [2.75, 3.05) is 33.9 Å². The van der Waals surface area contributed by atoms with E-state index in [1.807, 2.05) is 38.1 Å². The van der Waals surface area contributed by atoms with E-state index in [1.165, 1.54) is 4.80 Å². The number of aryl methyl sites for hydroxylation is 1. The van der Waals surface area contributed by atoms with Crippen LogP contribution in [0.3, 0.4) is 0 Å². The first-order chi connectivity index (χ1) is 16.5. The fraction of sp³-hybridized carbons (Fsp3) is 0.440. The highest BCUT2D eigenvalue weighted by Gasteiger charge is 2.31. The van der Waals surface area contributed by atoms with Crippen LogP contribution < -0.4 is 14.8 Å². The second kappa shape index (κ2) is 10.6. The Morgan fingerprint density at radius 2 is 1.94 bits per heavy atom. The third-order valence-electron chi connectivity index (χ3n) is 6.19. The summed E-state index contributed by atoms with van der Waals surface area (Å²) in [5.41, 5.74) is 2.56. The smallest absolute Gasteiger partial charge is 0.251 e. The van der Waals surface area contributed by atoms with Crippen LogP contribution in [0.25, 0.3) is 11.4 Å². The molecular formula is C25H32N6O3. The van der Waals surface area contributed by atoms with Crippen LogP contribution in [0, 0.1) is 0 Å². The van der Waals surface area contributed by atoms with Crippen molar-refractivity contribution < 1.29 is 14.3 Å². The molecule has 2 atom stereocenters. The summed E-state index contributed by atoms with van der Waals surface area (Å²) in [6.45, 7) is 6.91. The summed E-state index contributed by atoms with van der Waals surface area (Å²) in [6.07, 6.45) is 0.866. The summed E-state index contributed by atoms with van der Waals surface area (Å²) < 4.78 is 11.2. The molecule has 0 bridgehead atoms. The van der Waals surface area contributed by atoms with E-state index < -0.39 is 0 Å². The number of piperidine rings is 1. The number of tetrazole rings is 1. The maximum Gasteiger partial charge on any atom is 0.251 e. The second-order valence-electron chi connectivity index (χ2n) is 8.46. The van der Waals surface area contributed by atoms with E-state index in [4.69, 9.17) is 9.47 Å². The van der Waals surface area contributed by atoms with E-state index in [1.54, 1.807) is 19.2 Å². The molecule has 9 nitrogen and oxygen atoms in total. The molecule has 1 aliphatic rings. The van der Waals surface area contributed by atoms with Crippen LogP contribution in [-0.2, 0) is 6.54 Å². The minimum atomic E-state index is -0.0887. The molecule has 2 heterocycles. The van der Waals surface area contributed by atoms with Gasteiger partial charge in [-0.15, -0.1) is 10.2 Å². The molecule has 180 valence electrons. The average Bonchev–Trinajstić information content (AvgIpc) is 3.35. The molecule has 1 aromatic heterocycles. The fourth-order valence-electron chi connectivity index (χ4n) is 4.33. The number of methoxy groups -OCH3 is 1. The zero-order valence-electron chi connectivity index (χ0n) is 20.2. The molecule has 34 heavy (non-hydrogen) atoms. The molecule has 1 N–H and O–H groups in total. The lowest BCUT2D eigenvalue weighted by molar-refractivity contribution is 0.0904. The highest BCUT2D eigenvalue weighted by molar-refractivity contribution is 5.94. The van der Waals surface area contributed by atoms with Crippen molar-refractivity contribution in [3.8, 4) is 22.9 Å². The summed E-state index contributed by atoms with van der Waals surface area (Å²) in [4.78, 5) is 16.9. The predicted molar refractivity (Wildman–Crippen MR) is 129 cm³/mol. The molecule has 1 amide bonds. The van der Waals surface area contributed by atoms with Gasteiger partial charge in [-0.05, 0) is 68.9 Å². The second-order valence-corrected chi connectivity index (χ2v) is 8.46. The van der Waals surface area contributed by atoms with Crippen molar-refractivity contribution >= 4 is 5.91 Å². The normalized spacial score (nSPS) is 18.5. The van der Waals surface area contributed by atoms with E-state index in [0.717, 1.165) is 36.4 Å². The number of nitrogens with one attached hydrogen (secondary N) is 1. The van der Waals surface area contributed by atoms with Crippen molar-refractivity contribution in [1.82, 2.24) is 30.4 Å². The number of likely N-dealkylation sites (N-methyl/N-ethyl adjacent to an activating group) is 1. The highest BCUT2D eigenvalue weighted by atomic mass is 16.5. The van der Waals surface area contributed by atoms with Gasteiger partial charge in [-0.3, -0.25) is 4.79 Å². The van der Waals surface area contributed by atoms with Crippen LogP contribution in [0.2, 0.25) is 0 Å². The van der Waals surface area contributed by atoms with Crippen LogP contribution in [-0.4, -0.2) is 70.9 Å². The molecule has 3 aromatic rings. The number of rotatable bonds is 8. The standard InChI is InChI=1S/C25H32N6O3/c1-5-31-28-24(27-29-31)17-7-9-18(10-8-17)25(32)26-21-13-14-30(3)16-20(21)19-11-12-22(34-6-2)23(15-19)33-4/h7-12,15,20-21H,5-6,13-14,16H2,1-4H3,(H,26,32)/t20-,21-/m1/s1. The first kappa shape index (κ1) is 23.7. The Balaban J connectivity index is 1.50. The van der Waals surface area contributed by atoms with Gasteiger partial charge in [-0.25, -0.2) is 0 Å². The number of amides is 1. The third-order valence-corrected chi connectivity index (χ3v) is 6.19. The Kier molecular flexibility index (Phi) is 7.42. The summed E-state index contributed by atoms with van der Waals surface area (Å²) in [5, 5.41) is 15.6. The Morgan fingerprint density at radius 3 is 2.62 bits per heavy atom. The monoisotopic (exact) mass is 464 g/mol. The van der Waals surface area contributed by atoms with E-state index in [-0.39, 0.29) is 17.9 Å². The number of nitrogens with zero attached hydrogens (tertiary/aromatic N) is 5. The topological polar surface area (TPSA) is 94.4 Å². The lowest BCUT2D eigenvalue weighted by Crippen LogP contribution is -2.48. The first-order valence-corrected chi connectivity index (χ1v) is 11.7. The lowest BCUT2D eigenvalue weighted by atomic mass is 9.85. The summed E-state index contributed by atoms with van der Waals surface area (Å²) in [6, 6.07) is 13.4. The number of ether oxygens (including phenoxy) is 2. The number of likely N-dealkylation sites (tertiary alicyclic amines) is 1. The average molecular weight is 465 g/mol. The van der Waals surface area contributed by atoms with Gasteiger partial charge < -0.3 is 19.7 Å². The number of aromatic nitrogens is 4. The summed E-state index contributed by atoms with van der Waals surface area (Å²) in [7, 11) is 3.76. The molecule has 0 spiro atoms. The molecule has 0 unspecified atom stereocenters. The van der Waals surface area contributed by atoms with Gasteiger partial charge in [0.25, 0.3) is 5.91 Å². The molecule has 1 fully saturated rings. The Bertz CT molecular complexity index is 1110. The highest BCUT2D eigenvalue weighted by Crippen LogP contribution is 2.34. The Labute approximate surface area is 200 Å². The molecule has 9 heteroatoms. The van der Waals surface area contributed by atoms with E-state index in [9.17, 15) is 4.79 Å². The van der Waals surface area contributed by atoms with Crippen molar-refractivity contribution in [2.45, 2.75) is 38.8 Å². The number of benzene rings is 2. The van der Waals surface area contributed by atoms with Crippen molar-refractivity contribution in [3.05, 3.63) is 53.6 Å². The van der Waals surface area contributed by atoms with Crippen molar-refractivity contribution in [1.29, 1.82) is 0 Å². The molecule has 0 saturated carbocycles. The molecule has 0 aliphatic carbocycles. The van der Waals surface area contributed by atoms with Gasteiger partial charge in [0, 0.05) is 29.6 Å². The van der Waals surface area contributed by atoms with Crippen LogP contribution in [0.1, 0.15) is 42.1 Å². The Morgan fingerprint density at radius 1 is 1.15 bits per heavy atom. The number of hydrogen-bond donors (Lipinski definition) is 1. The number of hydrogen-bond acceptors (Lipinski definition) is 7. The van der Waals surface area contributed by atoms with Gasteiger partial charge in [-0.1, -0.05) is 18.2 Å². The third kappa shape index (κ3) is 5.20. The minimum Gasteiger partial charge on any atom is -0.493 e. The largest absolute Gasteiger partial charge is 0.493 e. The van der Waals surface area contributed by atoms with Crippen LogP contribution >= 0.6 is 0 Å². The number of carbonyl (C=O) groups excluding carboxylic acids is 1. The maximum atomic E-state index is 13.1. The van der Waals surface area contributed by atoms with Crippen LogP contribution in [0.4, 0.5) is 0 Å². The Hall–Kier alpha value is -3.46. The van der Waals surface area contributed by atoms with E-state index in [0.29, 0.717) is 30.3 Å². The zero-order valence-corrected chi connectivity index (χ0v) is 20.2. The SMILES string of the molecule is CCOc1ccc([C@H]2CN(C)CC[C@H]2NC(=O)c2ccc(-c3nnn(CC)n3)cc2)cc1OC. The van der Waals surface area contributed by atoms with Gasteiger partial charge in [-0.2, -0.15) is 4.80 Å². The van der Waals surface area contributed by atoms with E-state index >= 15 is 0 Å². The summed E-state index contributed by atoms with van der Waals surface area (Å²) in [5.74, 6) is 2.04. The van der Waals surface area contributed by atoms with Crippen LogP contribution in [0.15, 0.2) is 42.5 Å². The lowest BCUT2D eigenvalue weighted by Gasteiger charge is -2.37. The quantitative estimate of drug-likeness (QED) is 0.548.